The van der Waals surface area contributed by atoms with Crippen LogP contribution in [0, 0.1) is 27.7 Å². The Kier molecular flexibility index (Phi) is 6.01. The van der Waals surface area contributed by atoms with Gasteiger partial charge in [-0.3, -0.25) is 0 Å². The molecule has 0 saturated carbocycles. The van der Waals surface area contributed by atoms with Crippen molar-refractivity contribution in [1.82, 2.24) is 5.32 Å². The minimum Gasteiger partial charge on any atom is -0.316 e. The van der Waals surface area contributed by atoms with Gasteiger partial charge in [0.15, 0.2) is 0 Å². The maximum Gasteiger partial charge on any atom is 0.0235 e. The van der Waals surface area contributed by atoms with Crippen LogP contribution in [0.5, 0.6) is 0 Å². The van der Waals surface area contributed by atoms with E-state index in [2.05, 4.69) is 39.1 Å². The second-order valence-electron chi connectivity index (χ2n) is 4.78. The highest BCUT2D eigenvalue weighted by atomic mass is 35.5. The minimum absolute atomic E-state index is 0.745. The van der Waals surface area contributed by atoms with Crippen molar-refractivity contribution in [3.63, 3.8) is 0 Å². The smallest absolute Gasteiger partial charge is 0.0235 e. The number of aryl methyl sites for hydroxylation is 2. The molecule has 0 atom stereocenters. The molecule has 0 amide bonds. The lowest BCUT2D eigenvalue weighted by Crippen LogP contribution is -2.19. The lowest BCUT2D eigenvalue weighted by Gasteiger charge is -2.15. The summed E-state index contributed by atoms with van der Waals surface area (Å²) in [6.45, 7) is 10.9. The van der Waals surface area contributed by atoms with Gasteiger partial charge in [0.1, 0.15) is 0 Å². The molecule has 1 aromatic carbocycles. The molecule has 0 bridgehead atoms. The number of alkyl halides is 1. The number of hydrogen-bond donors (Lipinski definition) is 1. The molecule has 0 aliphatic carbocycles. The van der Waals surface area contributed by atoms with Gasteiger partial charge in [-0.25, -0.2) is 0 Å². The van der Waals surface area contributed by atoms with E-state index in [9.17, 15) is 0 Å². The van der Waals surface area contributed by atoms with Crippen molar-refractivity contribution in [2.45, 2.75) is 40.5 Å². The molecule has 96 valence electrons. The molecule has 17 heavy (non-hydrogen) atoms. The Hall–Kier alpha value is -0.530. The topological polar surface area (TPSA) is 12.0 Å². The van der Waals surface area contributed by atoms with Crippen molar-refractivity contribution in [2.75, 3.05) is 19.0 Å². The van der Waals surface area contributed by atoms with Crippen LogP contribution in [0.3, 0.4) is 0 Å². The largest absolute Gasteiger partial charge is 0.316 e. The first kappa shape index (κ1) is 14.5. The zero-order chi connectivity index (χ0) is 12.8. The normalized spacial score (nSPS) is 10.9. The van der Waals surface area contributed by atoms with Crippen LogP contribution in [-0.4, -0.2) is 19.0 Å². The van der Waals surface area contributed by atoms with Crippen molar-refractivity contribution in [3.05, 3.63) is 33.9 Å². The van der Waals surface area contributed by atoms with Gasteiger partial charge in [-0.15, -0.1) is 11.6 Å². The summed E-state index contributed by atoms with van der Waals surface area (Å²) >= 11 is 5.65. The third kappa shape index (κ3) is 4.01. The van der Waals surface area contributed by atoms with Gasteiger partial charge in [0.05, 0.1) is 0 Å². The molecule has 1 nitrogen and oxygen atoms in total. The maximum atomic E-state index is 5.65. The fourth-order valence-corrected chi connectivity index (χ4v) is 2.34. The molecule has 0 saturated heterocycles. The number of nitrogens with one attached hydrogen (secondary N) is 1. The van der Waals surface area contributed by atoms with Crippen LogP contribution >= 0.6 is 11.6 Å². The molecule has 1 N–H and O–H groups in total. The van der Waals surface area contributed by atoms with Crippen molar-refractivity contribution < 1.29 is 0 Å². The Morgan fingerprint density at radius 2 is 1.59 bits per heavy atom. The third-order valence-electron chi connectivity index (χ3n) is 3.56. The molecule has 2 heteroatoms. The Morgan fingerprint density at radius 1 is 1.00 bits per heavy atom. The monoisotopic (exact) mass is 253 g/mol. The van der Waals surface area contributed by atoms with E-state index in [0.717, 1.165) is 31.8 Å². The summed E-state index contributed by atoms with van der Waals surface area (Å²) in [5, 5.41) is 3.44. The van der Waals surface area contributed by atoms with E-state index in [0.29, 0.717) is 0 Å². The van der Waals surface area contributed by atoms with Crippen LogP contribution in [0.1, 0.15) is 34.2 Å². The lowest BCUT2D eigenvalue weighted by molar-refractivity contribution is 0.670. The number of benzene rings is 1. The molecule has 0 spiro atoms. The Labute approximate surface area is 111 Å². The van der Waals surface area contributed by atoms with Gasteiger partial charge >= 0.3 is 0 Å². The summed E-state index contributed by atoms with van der Waals surface area (Å²) in [5.74, 6) is 0.745. The minimum atomic E-state index is 0.745. The molecular formula is C15H24ClN. The van der Waals surface area contributed by atoms with Gasteiger partial charge in [0.2, 0.25) is 0 Å². The fraction of sp³-hybridized carbons (Fsp3) is 0.600. The SMILES string of the molecule is Cc1cc(C)c(C)c(CCNCCCCl)c1C. The molecular weight excluding hydrogens is 230 g/mol. The summed E-state index contributed by atoms with van der Waals surface area (Å²) < 4.78 is 0. The highest BCUT2D eigenvalue weighted by Crippen LogP contribution is 2.21. The predicted octanol–water partition coefficient (Wildman–Crippen LogP) is 3.68. The molecule has 1 rings (SSSR count). The molecule has 0 aliphatic rings. The molecule has 0 fully saturated rings. The van der Waals surface area contributed by atoms with Crippen LogP contribution in [0.2, 0.25) is 0 Å². The van der Waals surface area contributed by atoms with Gasteiger partial charge in [0, 0.05) is 5.88 Å². The second kappa shape index (κ2) is 7.03. The van der Waals surface area contributed by atoms with Crippen LogP contribution in [-0.2, 0) is 6.42 Å². The Morgan fingerprint density at radius 3 is 2.12 bits per heavy atom. The quantitative estimate of drug-likeness (QED) is 0.602. The average Bonchev–Trinajstić information content (AvgIpc) is 2.30. The maximum absolute atomic E-state index is 5.65. The Balaban J connectivity index is 2.64. The third-order valence-corrected chi connectivity index (χ3v) is 3.83. The van der Waals surface area contributed by atoms with Crippen molar-refractivity contribution >= 4 is 11.6 Å². The first-order valence-electron chi connectivity index (χ1n) is 6.41. The first-order chi connectivity index (χ1) is 8.07. The number of hydrogen-bond acceptors (Lipinski definition) is 1. The Bertz CT molecular complexity index is 345. The first-order valence-corrected chi connectivity index (χ1v) is 6.94. The van der Waals surface area contributed by atoms with Gasteiger partial charge in [-0.2, -0.15) is 0 Å². The van der Waals surface area contributed by atoms with Crippen LogP contribution in [0.25, 0.3) is 0 Å². The molecule has 0 heterocycles. The van der Waals surface area contributed by atoms with Crippen molar-refractivity contribution in [3.8, 4) is 0 Å². The van der Waals surface area contributed by atoms with E-state index in [4.69, 9.17) is 11.6 Å². The summed E-state index contributed by atoms with van der Waals surface area (Å²) in [5.41, 5.74) is 7.23. The predicted molar refractivity (Wildman–Crippen MR) is 77.3 cm³/mol. The van der Waals surface area contributed by atoms with E-state index in [1.54, 1.807) is 0 Å². The molecule has 0 aliphatic heterocycles. The molecule has 0 aromatic heterocycles. The summed E-state index contributed by atoms with van der Waals surface area (Å²) in [4.78, 5) is 0. The number of rotatable bonds is 6. The summed E-state index contributed by atoms with van der Waals surface area (Å²) in [6, 6.07) is 2.29. The van der Waals surface area contributed by atoms with Gasteiger partial charge in [-0.05, 0) is 81.4 Å². The van der Waals surface area contributed by atoms with Crippen molar-refractivity contribution in [1.29, 1.82) is 0 Å². The lowest BCUT2D eigenvalue weighted by atomic mass is 9.92. The summed E-state index contributed by atoms with van der Waals surface area (Å²) in [7, 11) is 0. The van der Waals surface area contributed by atoms with E-state index in [-0.39, 0.29) is 0 Å². The van der Waals surface area contributed by atoms with Gasteiger partial charge < -0.3 is 5.32 Å². The zero-order valence-corrected chi connectivity index (χ0v) is 12.2. The zero-order valence-electron chi connectivity index (χ0n) is 11.5. The number of halogens is 1. The fourth-order valence-electron chi connectivity index (χ4n) is 2.20. The molecule has 1 aromatic rings. The highest BCUT2D eigenvalue weighted by molar-refractivity contribution is 6.17. The van der Waals surface area contributed by atoms with E-state index in [1.807, 2.05) is 0 Å². The van der Waals surface area contributed by atoms with Crippen LogP contribution < -0.4 is 5.32 Å². The van der Waals surface area contributed by atoms with Crippen LogP contribution in [0.4, 0.5) is 0 Å². The van der Waals surface area contributed by atoms with E-state index >= 15 is 0 Å². The van der Waals surface area contributed by atoms with E-state index in [1.165, 1.54) is 27.8 Å². The van der Waals surface area contributed by atoms with Gasteiger partial charge in [-0.1, -0.05) is 6.07 Å². The van der Waals surface area contributed by atoms with E-state index < -0.39 is 0 Å². The molecule has 0 unspecified atom stereocenters. The summed E-state index contributed by atoms with van der Waals surface area (Å²) in [6.07, 6.45) is 2.16. The highest BCUT2D eigenvalue weighted by Gasteiger charge is 2.07. The second-order valence-corrected chi connectivity index (χ2v) is 5.16. The van der Waals surface area contributed by atoms with Gasteiger partial charge in [0.25, 0.3) is 0 Å². The standard InChI is InChI=1S/C15H24ClN/c1-11-10-12(2)14(4)15(13(11)3)6-9-17-8-5-7-16/h10,17H,5-9H2,1-4H3. The average molecular weight is 254 g/mol. The molecule has 0 radical (unpaired) electrons. The van der Waals surface area contributed by atoms with Crippen LogP contribution in [0.15, 0.2) is 6.07 Å². The van der Waals surface area contributed by atoms with Crippen molar-refractivity contribution in [2.24, 2.45) is 0 Å².